The molecule has 0 radical (unpaired) electrons. The Morgan fingerprint density at radius 2 is 1.85 bits per heavy atom. The number of nitrogens with zero attached hydrogens (tertiary/aromatic N) is 4. The van der Waals surface area contributed by atoms with E-state index in [-0.39, 0.29) is 34.7 Å². The van der Waals surface area contributed by atoms with E-state index in [1.807, 2.05) is 25.1 Å². The quantitative estimate of drug-likeness (QED) is 0.310. The van der Waals surface area contributed by atoms with Crippen molar-refractivity contribution in [3.05, 3.63) is 106 Å². The van der Waals surface area contributed by atoms with E-state index in [0.29, 0.717) is 17.2 Å². The van der Waals surface area contributed by atoms with Crippen LogP contribution in [-0.2, 0) is 4.79 Å². The lowest BCUT2D eigenvalue weighted by Crippen LogP contribution is -2.28. The maximum atomic E-state index is 14.9. The fraction of sp³-hybridized carbons (Fsp3) is 0.138. The minimum Gasteiger partial charge on any atom is -0.434 e. The van der Waals surface area contributed by atoms with Gasteiger partial charge in [-0.05, 0) is 61.7 Å². The number of nitrogens with one attached hydrogen (secondary N) is 2. The molecule has 0 atom stereocenters. The molecule has 2 N–H and O–H groups in total. The maximum Gasteiger partial charge on any atom is 0.267 e. The molecule has 3 aromatic heterocycles. The lowest BCUT2D eigenvalue weighted by Gasteiger charge is -2.11. The van der Waals surface area contributed by atoms with Gasteiger partial charge in [0.05, 0.1) is 11.9 Å². The van der Waals surface area contributed by atoms with Gasteiger partial charge >= 0.3 is 0 Å². The average molecular weight is 539 g/mol. The number of carbonyl (C=O) groups excluding carboxylic acids is 2. The Balaban J connectivity index is 1.16. The van der Waals surface area contributed by atoms with Crippen molar-refractivity contribution in [3.63, 3.8) is 0 Å². The number of carbonyl (C=O) groups is 2. The summed E-state index contributed by atoms with van der Waals surface area (Å²) in [5.74, 6) is -1.09. The standard InChI is InChI=1S/C29H23FN6O4/c1-17-5-2-3-7-22(17)35-14-4-6-20(29(35)39)28(38)31-19-10-11-23(21(30)15-19)40-26-13-12-25-32-24(16-36(25)34-26)33-27(37)18-8-9-18/h2-7,10-16,18H,8-9H2,1H3,(H,31,38)(H,33,37). The number of benzene rings is 2. The number of anilines is 2. The maximum absolute atomic E-state index is 14.9. The Labute approximate surface area is 227 Å². The van der Waals surface area contributed by atoms with E-state index in [2.05, 4.69) is 20.7 Å². The first-order valence-electron chi connectivity index (χ1n) is 12.6. The molecule has 2 aromatic carbocycles. The number of hydrogen-bond donors (Lipinski definition) is 2. The minimum absolute atomic E-state index is 0.0392. The molecule has 11 heteroatoms. The topological polar surface area (TPSA) is 120 Å². The molecule has 3 heterocycles. The SMILES string of the molecule is Cc1ccccc1-n1cccc(C(=O)Nc2ccc(Oc3ccc4nc(NC(=O)C5CC5)cn4n3)c(F)c2)c1=O. The molecule has 5 aromatic rings. The van der Waals surface area contributed by atoms with E-state index in [1.165, 1.54) is 33.3 Å². The summed E-state index contributed by atoms with van der Waals surface area (Å²) in [4.78, 5) is 42.2. The third kappa shape index (κ3) is 5.04. The average Bonchev–Trinajstić information content (AvgIpc) is 3.71. The highest BCUT2D eigenvalue weighted by Gasteiger charge is 2.30. The van der Waals surface area contributed by atoms with Crippen molar-refractivity contribution in [2.24, 2.45) is 5.92 Å². The van der Waals surface area contributed by atoms with Crippen molar-refractivity contribution in [1.82, 2.24) is 19.2 Å². The summed E-state index contributed by atoms with van der Waals surface area (Å²) >= 11 is 0. The normalized spacial score (nSPS) is 12.8. The van der Waals surface area contributed by atoms with Crippen LogP contribution in [0, 0.1) is 18.7 Å². The van der Waals surface area contributed by atoms with Crippen molar-refractivity contribution < 1.29 is 18.7 Å². The first kappa shape index (κ1) is 25.0. The Bertz CT molecular complexity index is 1840. The number of imidazole rings is 1. The molecule has 1 aliphatic rings. The van der Waals surface area contributed by atoms with Crippen LogP contribution in [0.25, 0.3) is 11.3 Å². The van der Waals surface area contributed by atoms with Gasteiger partial charge in [-0.2, -0.15) is 0 Å². The summed E-state index contributed by atoms with van der Waals surface area (Å²) in [5.41, 5.74) is 1.59. The molecular formula is C29H23FN6O4. The van der Waals surface area contributed by atoms with Gasteiger partial charge in [0.15, 0.2) is 23.0 Å². The van der Waals surface area contributed by atoms with Gasteiger partial charge in [-0.15, -0.1) is 5.10 Å². The van der Waals surface area contributed by atoms with E-state index in [4.69, 9.17) is 4.74 Å². The Kier molecular flexibility index (Phi) is 6.31. The second-order valence-electron chi connectivity index (χ2n) is 9.45. The molecular weight excluding hydrogens is 515 g/mol. The van der Waals surface area contributed by atoms with Gasteiger partial charge in [-0.25, -0.2) is 13.9 Å². The zero-order chi connectivity index (χ0) is 27.8. The van der Waals surface area contributed by atoms with E-state index >= 15 is 0 Å². The van der Waals surface area contributed by atoms with E-state index in [0.717, 1.165) is 24.5 Å². The first-order chi connectivity index (χ1) is 19.4. The summed E-state index contributed by atoms with van der Waals surface area (Å²) in [7, 11) is 0. The molecule has 10 nitrogen and oxygen atoms in total. The van der Waals surface area contributed by atoms with Gasteiger partial charge in [0.1, 0.15) is 5.56 Å². The van der Waals surface area contributed by atoms with Crippen LogP contribution in [0.1, 0.15) is 28.8 Å². The molecule has 1 fully saturated rings. The summed E-state index contributed by atoms with van der Waals surface area (Å²) in [6.45, 7) is 1.87. The van der Waals surface area contributed by atoms with Crippen LogP contribution >= 0.6 is 0 Å². The van der Waals surface area contributed by atoms with E-state index in [1.54, 1.807) is 30.6 Å². The van der Waals surface area contributed by atoms with Gasteiger partial charge in [-0.1, -0.05) is 18.2 Å². The molecule has 200 valence electrons. The Morgan fingerprint density at radius 3 is 2.62 bits per heavy atom. The largest absolute Gasteiger partial charge is 0.434 e. The number of pyridine rings is 1. The van der Waals surface area contributed by atoms with Crippen LogP contribution in [0.5, 0.6) is 11.6 Å². The number of fused-ring (bicyclic) bond motifs is 1. The van der Waals surface area contributed by atoms with Gasteiger partial charge < -0.3 is 15.4 Å². The molecule has 6 rings (SSSR count). The van der Waals surface area contributed by atoms with Gasteiger partial charge in [0.2, 0.25) is 11.8 Å². The van der Waals surface area contributed by atoms with Gasteiger partial charge in [-0.3, -0.25) is 19.0 Å². The van der Waals surface area contributed by atoms with Crippen LogP contribution in [0.4, 0.5) is 15.9 Å². The highest BCUT2D eigenvalue weighted by atomic mass is 19.1. The molecule has 0 spiro atoms. The number of aryl methyl sites for hydroxylation is 1. The fourth-order valence-corrected chi connectivity index (χ4v) is 4.22. The zero-order valence-electron chi connectivity index (χ0n) is 21.3. The van der Waals surface area contributed by atoms with Crippen LogP contribution < -0.4 is 20.9 Å². The third-order valence-electron chi connectivity index (χ3n) is 6.47. The second kappa shape index (κ2) is 10.1. The highest BCUT2D eigenvalue weighted by molar-refractivity contribution is 6.04. The molecule has 0 saturated heterocycles. The van der Waals surface area contributed by atoms with Crippen LogP contribution in [0.15, 0.2) is 83.9 Å². The number of hydrogen-bond acceptors (Lipinski definition) is 6. The minimum atomic E-state index is -0.743. The Morgan fingerprint density at radius 1 is 1.02 bits per heavy atom. The molecule has 0 aliphatic heterocycles. The number of rotatable bonds is 7. The van der Waals surface area contributed by atoms with E-state index < -0.39 is 17.3 Å². The smallest absolute Gasteiger partial charge is 0.267 e. The highest BCUT2D eigenvalue weighted by Crippen LogP contribution is 2.30. The monoisotopic (exact) mass is 538 g/mol. The predicted molar refractivity (Wildman–Crippen MR) is 146 cm³/mol. The number of amides is 2. The Hall–Kier alpha value is -5.32. The second-order valence-corrected chi connectivity index (χ2v) is 9.45. The van der Waals surface area contributed by atoms with Crippen LogP contribution in [0.2, 0.25) is 0 Å². The fourth-order valence-electron chi connectivity index (χ4n) is 4.22. The van der Waals surface area contributed by atoms with Crippen molar-refractivity contribution in [2.45, 2.75) is 19.8 Å². The molecule has 1 saturated carbocycles. The summed E-state index contributed by atoms with van der Waals surface area (Å²) in [6.07, 6.45) is 4.90. The molecule has 0 unspecified atom stereocenters. The third-order valence-corrected chi connectivity index (χ3v) is 6.47. The molecule has 1 aliphatic carbocycles. The number of ether oxygens (including phenoxy) is 1. The van der Waals surface area contributed by atoms with Gasteiger partial charge in [0.25, 0.3) is 11.5 Å². The lowest BCUT2D eigenvalue weighted by molar-refractivity contribution is -0.117. The number of halogens is 1. The van der Waals surface area contributed by atoms with Crippen molar-refractivity contribution in [1.29, 1.82) is 0 Å². The molecule has 0 bridgehead atoms. The summed E-state index contributed by atoms with van der Waals surface area (Å²) in [6, 6.07) is 17.4. The summed E-state index contributed by atoms with van der Waals surface area (Å²) in [5, 5.41) is 9.59. The number of aromatic nitrogens is 4. The lowest BCUT2D eigenvalue weighted by atomic mass is 10.2. The van der Waals surface area contributed by atoms with Crippen molar-refractivity contribution in [2.75, 3.05) is 10.6 Å². The predicted octanol–water partition coefficient (Wildman–Crippen LogP) is 4.72. The van der Waals surface area contributed by atoms with Crippen LogP contribution in [0.3, 0.4) is 0 Å². The zero-order valence-corrected chi connectivity index (χ0v) is 21.3. The van der Waals surface area contributed by atoms with Crippen molar-refractivity contribution >= 4 is 29.0 Å². The van der Waals surface area contributed by atoms with Crippen LogP contribution in [-0.4, -0.2) is 31.0 Å². The molecule has 2 amide bonds. The number of para-hydroxylation sites is 1. The van der Waals surface area contributed by atoms with Gasteiger partial charge in [0, 0.05) is 29.9 Å². The van der Waals surface area contributed by atoms with Crippen molar-refractivity contribution in [3.8, 4) is 17.3 Å². The molecule has 40 heavy (non-hydrogen) atoms. The first-order valence-corrected chi connectivity index (χ1v) is 12.6. The summed E-state index contributed by atoms with van der Waals surface area (Å²) < 4.78 is 23.3. The van der Waals surface area contributed by atoms with E-state index in [9.17, 15) is 18.8 Å².